The summed E-state index contributed by atoms with van der Waals surface area (Å²) in [5.41, 5.74) is 2.21. The first kappa shape index (κ1) is 26.1. The van der Waals surface area contributed by atoms with Crippen molar-refractivity contribution in [2.24, 2.45) is 5.92 Å². The number of β-amino-alcohol motifs (C(OH)–C–C–N with tert-alkyl or cyclic N) is 1. The molecule has 0 spiro atoms. The van der Waals surface area contributed by atoms with Gasteiger partial charge in [0.25, 0.3) is 0 Å². The molecule has 3 aromatic rings. The third kappa shape index (κ3) is 8.35. The van der Waals surface area contributed by atoms with Crippen molar-refractivity contribution in [1.82, 2.24) is 9.88 Å². The number of aryl methyl sites for hydroxylation is 1. The molecule has 4 rings (SSSR count). The number of fused-ring (bicyclic) bond motifs is 1. The van der Waals surface area contributed by atoms with Crippen LogP contribution in [0.2, 0.25) is 0 Å². The average Bonchev–Trinajstić information content (AvgIpc) is 3.32. The Kier molecular flexibility index (Phi) is 10.7. The third-order valence-electron chi connectivity index (χ3n) is 6.02. The summed E-state index contributed by atoms with van der Waals surface area (Å²) < 4.78 is 16.7. The Morgan fingerprint density at radius 1 is 1.03 bits per heavy atom. The van der Waals surface area contributed by atoms with E-state index in [1.54, 1.807) is 0 Å². The number of piperidine rings is 1. The van der Waals surface area contributed by atoms with Crippen molar-refractivity contribution in [3.8, 4) is 11.5 Å². The van der Waals surface area contributed by atoms with Crippen LogP contribution in [0, 0.1) is 12.8 Å². The number of aliphatic hydroxyl groups excluding tert-OH is 1. The van der Waals surface area contributed by atoms with Gasteiger partial charge in [-0.1, -0.05) is 18.2 Å². The Balaban J connectivity index is 0.000000588. The molecule has 1 atom stereocenters. The second kappa shape index (κ2) is 14.0. The second-order valence-electron chi connectivity index (χ2n) is 8.82. The number of aromatic nitrogens is 1. The zero-order chi connectivity index (χ0) is 24.2. The van der Waals surface area contributed by atoms with E-state index in [1.807, 2.05) is 62.5 Å². The van der Waals surface area contributed by atoms with Gasteiger partial charge in [0.2, 0.25) is 0 Å². The minimum atomic E-state index is -0.498. The fourth-order valence-corrected chi connectivity index (χ4v) is 4.20. The lowest BCUT2D eigenvalue weighted by Gasteiger charge is -2.33. The molecule has 2 heterocycles. The van der Waals surface area contributed by atoms with Crippen LogP contribution >= 0.6 is 0 Å². The Morgan fingerprint density at radius 3 is 2.44 bits per heavy atom. The van der Waals surface area contributed by atoms with Crippen molar-refractivity contribution in [3.05, 3.63) is 60.3 Å². The summed E-state index contributed by atoms with van der Waals surface area (Å²) >= 11 is 0. The highest BCUT2D eigenvalue weighted by Gasteiger charge is 2.22. The maximum absolute atomic E-state index is 10.5. The molecule has 2 aromatic carbocycles. The molecule has 0 radical (unpaired) electrons. The normalized spacial score (nSPS) is 15.5. The number of benzene rings is 2. The van der Waals surface area contributed by atoms with E-state index in [0.29, 0.717) is 19.1 Å². The van der Waals surface area contributed by atoms with Gasteiger partial charge in [-0.25, -0.2) is 0 Å². The predicted molar refractivity (Wildman–Crippen MR) is 138 cm³/mol. The topological polar surface area (TPSA) is 66.9 Å². The first-order chi connectivity index (χ1) is 16.6. The minimum absolute atomic E-state index is 0.306. The van der Waals surface area contributed by atoms with Crippen LogP contribution in [0.3, 0.4) is 0 Å². The molecule has 1 saturated heterocycles. The maximum Gasteiger partial charge on any atom is 0.129 e. The highest BCUT2D eigenvalue weighted by Crippen LogP contribution is 2.27. The number of likely N-dealkylation sites (tertiary alicyclic amines) is 1. The molecule has 1 unspecified atom stereocenters. The van der Waals surface area contributed by atoms with Crippen LogP contribution in [0.1, 0.15) is 32.3 Å². The number of hydrogen-bond donors (Lipinski definition) is 2. The van der Waals surface area contributed by atoms with E-state index in [4.69, 9.17) is 14.2 Å². The summed E-state index contributed by atoms with van der Waals surface area (Å²) in [6.45, 7) is 11.4. The number of hydrogen-bond acceptors (Lipinski definition) is 5. The highest BCUT2D eigenvalue weighted by molar-refractivity contribution is 5.86. The molecule has 0 saturated carbocycles. The zero-order valence-electron chi connectivity index (χ0n) is 20.8. The van der Waals surface area contributed by atoms with Gasteiger partial charge >= 0.3 is 0 Å². The molecule has 0 bridgehead atoms. The Bertz CT molecular complexity index is 949. The first-order valence-electron chi connectivity index (χ1n) is 12.5. The van der Waals surface area contributed by atoms with Gasteiger partial charge in [0, 0.05) is 36.9 Å². The van der Waals surface area contributed by atoms with Crippen molar-refractivity contribution in [2.45, 2.75) is 39.7 Å². The van der Waals surface area contributed by atoms with E-state index in [2.05, 4.69) is 22.9 Å². The van der Waals surface area contributed by atoms with Gasteiger partial charge in [0.1, 0.15) is 24.2 Å². The largest absolute Gasteiger partial charge is 0.493 e. The lowest BCUT2D eigenvalue weighted by molar-refractivity contribution is 0.0507. The molecule has 34 heavy (non-hydrogen) atoms. The van der Waals surface area contributed by atoms with Crippen molar-refractivity contribution in [2.75, 3.05) is 46.1 Å². The maximum atomic E-state index is 10.5. The van der Waals surface area contributed by atoms with Gasteiger partial charge in [-0.2, -0.15) is 0 Å². The molecular weight excluding hydrogens is 428 g/mol. The van der Waals surface area contributed by atoms with Crippen LogP contribution in [0.25, 0.3) is 10.9 Å². The molecule has 6 nitrogen and oxygen atoms in total. The second-order valence-corrected chi connectivity index (χ2v) is 8.82. The number of H-pyrrole nitrogens is 1. The minimum Gasteiger partial charge on any atom is -0.493 e. The Morgan fingerprint density at radius 2 is 1.76 bits per heavy atom. The van der Waals surface area contributed by atoms with Crippen LogP contribution in [-0.2, 0) is 4.74 Å². The fourth-order valence-electron chi connectivity index (χ4n) is 4.20. The molecule has 186 valence electrons. The van der Waals surface area contributed by atoms with E-state index in [-0.39, 0.29) is 0 Å². The summed E-state index contributed by atoms with van der Waals surface area (Å²) in [5.74, 6) is 2.35. The van der Waals surface area contributed by atoms with Crippen LogP contribution in [0.4, 0.5) is 0 Å². The summed E-state index contributed by atoms with van der Waals surface area (Å²) in [4.78, 5) is 5.55. The van der Waals surface area contributed by atoms with Crippen molar-refractivity contribution < 1.29 is 19.3 Å². The summed E-state index contributed by atoms with van der Waals surface area (Å²) in [7, 11) is 0. The van der Waals surface area contributed by atoms with Crippen molar-refractivity contribution >= 4 is 10.9 Å². The van der Waals surface area contributed by atoms with E-state index in [0.717, 1.165) is 73.7 Å². The van der Waals surface area contributed by atoms with E-state index < -0.39 is 6.10 Å². The number of aliphatic hydroxyl groups is 1. The number of nitrogens with one attached hydrogen (secondary N) is 1. The van der Waals surface area contributed by atoms with Gasteiger partial charge in [-0.15, -0.1) is 0 Å². The highest BCUT2D eigenvalue weighted by atomic mass is 16.5. The smallest absolute Gasteiger partial charge is 0.129 e. The van der Waals surface area contributed by atoms with E-state index in [9.17, 15) is 5.11 Å². The monoisotopic (exact) mass is 468 g/mol. The lowest BCUT2D eigenvalue weighted by Crippen LogP contribution is -2.41. The molecule has 1 aromatic heterocycles. The number of nitrogens with zero attached hydrogens (tertiary/aromatic N) is 1. The number of ether oxygens (including phenoxy) is 3. The fraction of sp³-hybridized carbons (Fsp3) is 0.500. The number of para-hydroxylation sites is 1. The zero-order valence-corrected chi connectivity index (χ0v) is 20.8. The third-order valence-corrected chi connectivity index (χ3v) is 6.02. The molecular formula is C28H40N2O4. The molecule has 1 fully saturated rings. The standard InChI is InChI=1S/C24H30N2O3.C4H10O/c1-18-13-23-22(7-10-25-23)24(14-18)29-17-20(27)15-26-11-8-19(9-12-26)16-28-21-5-3-2-4-6-21;1-3-5-4-2/h2-7,10,13-14,19-20,25,27H,8-9,11-12,15-17H2,1H3;3-4H2,1-2H3. The average molecular weight is 469 g/mol. The summed E-state index contributed by atoms with van der Waals surface area (Å²) in [5, 5.41) is 11.5. The Labute approximate surface area is 203 Å². The van der Waals surface area contributed by atoms with Crippen LogP contribution in [-0.4, -0.2) is 67.2 Å². The number of rotatable bonds is 10. The van der Waals surface area contributed by atoms with Gasteiger partial charge in [-0.05, 0) is 88.5 Å². The van der Waals surface area contributed by atoms with Crippen LogP contribution in [0.15, 0.2) is 54.7 Å². The van der Waals surface area contributed by atoms with Gasteiger partial charge < -0.3 is 29.2 Å². The molecule has 0 aliphatic carbocycles. The molecule has 6 heteroatoms. The first-order valence-corrected chi connectivity index (χ1v) is 12.5. The molecule has 1 aliphatic heterocycles. The van der Waals surface area contributed by atoms with E-state index >= 15 is 0 Å². The van der Waals surface area contributed by atoms with E-state index in [1.165, 1.54) is 0 Å². The van der Waals surface area contributed by atoms with Crippen molar-refractivity contribution in [1.29, 1.82) is 0 Å². The summed E-state index contributed by atoms with van der Waals surface area (Å²) in [6.07, 6.45) is 3.62. The van der Waals surface area contributed by atoms with Crippen LogP contribution in [0.5, 0.6) is 11.5 Å². The predicted octanol–water partition coefficient (Wildman–Crippen LogP) is 5.05. The molecule has 2 N–H and O–H groups in total. The Hall–Kier alpha value is -2.54. The van der Waals surface area contributed by atoms with Gasteiger partial charge in [-0.3, -0.25) is 0 Å². The number of aromatic amines is 1. The lowest BCUT2D eigenvalue weighted by atomic mass is 9.97. The summed E-state index contributed by atoms with van der Waals surface area (Å²) in [6, 6.07) is 16.1. The van der Waals surface area contributed by atoms with Crippen molar-refractivity contribution in [3.63, 3.8) is 0 Å². The molecule has 1 aliphatic rings. The quantitative estimate of drug-likeness (QED) is 0.436. The van der Waals surface area contributed by atoms with Crippen LogP contribution < -0.4 is 9.47 Å². The SMILES string of the molecule is CCOCC.Cc1cc(OCC(O)CN2CCC(COc3ccccc3)CC2)c2cc[nH]c2c1. The molecule has 0 amide bonds. The van der Waals surface area contributed by atoms with Gasteiger partial charge in [0.05, 0.1) is 6.61 Å². The van der Waals surface area contributed by atoms with Gasteiger partial charge in [0.15, 0.2) is 0 Å².